The molecule has 1 aromatic heterocycles. The van der Waals surface area contributed by atoms with Gasteiger partial charge in [-0.25, -0.2) is 14.6 Å². The topological polar surface area (TPSA) is 176 Å². The van der Waals surface area contributed by atoms with Gasteiger partial charge < -0.3 is 35.6 Å². The standard InChI is InChI=1S/C24H36N4O8S/c1-22(2,3)36-21(34)28-24-8-5-23(6-9-24,7-10-24)20-27-16(13-37-20)18(32)25-14(11-29)17(31)26-15(12-30)19(33)35-4/h13-15,29-30H,5-12H2,1-4H3,(H,25,32)(H,26,31)(H,28,34)/t14-,15-,23?,24?/m0/s1/i/hD. The summed E-state index contributed by atoms with van der Waals surface area (Å²) in [6.07, 6.45) is 4.13. The average Bonchev–Trinajstić information content (AvgIpc) is 3.37. The normalized spacial score (nSPS) is 24.9. The maximum atomic E-state index is 13.0. The van der Waals surface area contributed by atoms with Gasteiger partial charge in [-0.05, 0) is 59.3 Å². The highest BCUT2D eigenvalue weighted by Crippen LogP contribution is 2.54. The third-order valence-corrected chi connectivity index (χ3v) is 8.01. The van der Waals surface area contributed by atoms with Crippen molar-refractivity contribution < 1.29 is 40.3 Å². The fourth-order valence-corrected chi connectivity index (χ4v) is 5.89. The van der Waals surface area contributed by atoms with Crippen molar-refractivity contribution in [3.63, 3.8) is 0 Å². The lowest BCUT2D eigenvalue weighted by atomic mass is 9.57. The molecular weight excluding hydrogens is 504 g/mol. The smallest absolute Gasteiger partial charge is 0.408 e. The first-order chi connectivity index (χ1) is 17.8. The molecule has 0 saturated heterocycles. The van der Waals surface area contributed by atoms with Crippen molar-refractivity contribution in [3.05, 3.63) is 16.1 Å². The number of alkyl carbamates (subject to hydrolysis) is 1. The number of esters is 1. The van der Waals surface area contributed by atoms with Crippen LogP contribution in [0.15, 0.2) is 5.38 Å². The minimum Gasteiger partial charge on any atom is -0.467 e. The fourth-order valence-electron chi connectivity index (χ4n) is 4.81. The Balaban J connectivity index is 1.65. The third kappa shape index (κ3) is 6.76. The third-order valence-electron chi connectivity index (χ3n) is 6.92. The van der Waals surface area contributed by atoms with Crippen LogP contribution < -0.4 is 15.9 Å². The Morgan fingerprint density at radius 3 is 2.22 bits per heavy atom. The van der Waals surface area contributed by atoms with Crippen LogP contribution in [0.25, 0.3) is 0 Å². The molecule has 3 aliphatic rings. The molecule has 3 aliphatic carbocycles. The molecule has 3 fully saturated rings. The molecule has 37 heavy (non-hydrogen) atoms. The summed E-state index contributed by atoms with van der Waals surface area (Å²) < 4.78 is 18.1. The van der Waals surface area contributed by atoms with E-state index in [2.05, 4.69) is 20.4 Å². The number of hydrogen-bond acceptors (Lipinski definition) is 10. The van der Waals surface area contributed by atoms with Gasteiger partial charge in [0.05, 0.1) is 25.3 Å². The summed E-state index contributed by atoms with van der Waals surface area (Å²) >= 11 is 1.31. The number of methoxy groups -OCH3 is 1. The van der Waals surface area contributed by atoms with Crippen LogP contribution in [0.5, 0.6) is 0 Å². The number of aliphatic hydroxyl groups is 2. The predicted octanol–water partition coefficient (Wildman–Crippen LogP) is 0.753. The highest BCUT2D eigenvalue weighted by Gasteiger charge is 2.51. The minimum atomic E-state index is -1.63. The number of fused-ring (bicyclic) bond motifs is 3. The van der Waals surface area contributed by atoms with Crippen LogP contribution in [0.4, 0.5) is 4.79 Å². The van der Waals surface area contributed by atoms with Crippen molar-refractivity contribution in [2.24, 2.45) is 0 Å². The minimum absolute atomic E-state index is 0.0263. The van der Waals surface area contributed by atoms with E-state index in [0.29, 0.717) is 5.31 Å². The first-order valence-corrected chi connectivity index (χ1v) is 13.1. The van der Waals surface area contributed by atoms with Crippen LogP contribution in [0.3, 0.4) is 0 Å². The molecule has 1 aromatic rings. The van der Waals surface area contributed by atoms with E-state index in [0.717, 1.165) is 50.6 Å². The number of ether oxygens (including phenoxy) is 2. The summed E-state index contributed by atoms with van der Waals surface area (Å²) in [6.45, 7) is 3.82. The van der Waals surface area contributed by atoms with Crippen molar-refractivity contribution in [1.29, 1.82) is 0 Å². The van der Waals surface area contributed by atoms with E-state index in [4.69, 9.17) is 6.15 Å². The van der Waals surface area contributed by atoms with Gasteiger partial charge in [-0.3, -0.25) is 9.59 Å². The molecule has 12 nitrogen and oxygen atoms in total. The van der Waals surface area contributed by atoms with Crippen molar-refractivity contribution in [2.75, 3.05) is 20.3 Å². The van der Waals surface area contributed by atoms with Crippen molar-refractivity contribution in [1.82, 2.24) is 20.9 Å². The quantitative estimate of drug-likeness (QED) is 0.282. The molecule has 2 atom stereocenters. The number of aromatic nitrogens is 1. The first kappa shape index (κ1) is 27.3. The Kier molecular flexibility index (Phi) is 8.34. The molecule has 0 unspecified atom stereocenters. The van der Waals surface area contributed by atoms with Gasteiger partial charge in [0.25, 0.3) is 5.91 Å². The maximum absolute atomic E-state index is 13.0. The van der Waals surface area contributed by atoms with E-state index in [-0.39, 0.29) is 16.6 Å². The van der Waals surface area contributed by atoms with Gasteiger partial charge in [-0.1, -0.05) is 0 Å². The predicted molar refractivity (Wildman–Crippen MR) is 133 cm³/mol. The summed E-state index contributed by atoms with van der Waals surface area (Å²) in [5.41, 5.74) is -1.17. The van der Waals surface area contributed by atoms with Crippen LogP contribution in [-0.2, 0) is 24.5 Å². The van der Waals surface area contributed by atoms with Crippen LogP contribution in [0, 0.1) is 0 Å². The molecule has 3 amide bonds. The summed E-state index contributed by atoms with van der Waals surface area (Å²) in [6, 6.07) is -3.03. The maximum Gasteiger partial charge on any atom is 0.408 e. The number of hydrogen-bond donors (Lipinski definition) is 5. The number of nitrogens with zero attached hydrogens (tertiary/aromatic N) is 1. The molecule has 5 N–H and O–H groups in total. The van der Waals surface area contributed by atoms with Crippen LogP contribution in [-0.4, -0.2) is 82.6 Å². The second-order valence-corrected chi connectivity index (χ2v) is 11.5. The molecule has 4 rings (SSSR count). The Labute approximate surface area is 221 Å². The second-order valence-electron chi connectivity index (χ2n) is 10.6. The lowest BCUT2D eigenvalue weighted by Crippen LogP contribution is -2.58. The molecule has 3 saturated carbocycles. The summed E-state index contributed by atoms with van der Waals surface area (Å²) in [5.74, 6) is -2.79. The average molecular weight is 542 g/mol. The van der Waals surface area contributed by atoms with Crippen molar-refractivity contribution in [3.8, 4) is 0 Å². The van der Waals surface area contributed by atoms with Gasteiger partial charge in [-0.15, -0.1) is 11.3 Å². The summed E-state index contributed by atoms with van der Waals surface area (Å²) in [7, 11) is 1.08. The van der Waals surface area contributed by atoms with Crippen LogP contribution in [0.2, 0.25) is 1.41 Å². The number of amides is 3. The van der Waals surface area contributed by atoms with E-state index < -0.39 is 54.8 Å². The van der Waals surface area contributed by atoms with Crippen LogP contribution >= 0.6 is 11.3 Å². The number of carbonyl (C=O) groups is 4. The van der Waals surface area contributed by atoms with Gasteiger partial charge in [0.15, 0.2) is 7.45 Å². The number of nitrogens with one attached hydrogen (secondary N) is 3. The van der Waals surface area contributed by atoms with E-state index >= 15 is 0 Å². The number of aliphatic hydroxyl groups excluding tert-OH is 2. The van der Waals surface area contributed by atoms with Gasteiger partial charge in [-0.2, -0.15) is 0 Å². The van der Waals surface area contributed by atoms with E-state index in [9.17, 15) is 29.4 Å². The van der Waals surface area contributed by atoms with Crippen molar-refractivity contribution in [2.45, 2.75) is 87.9 Å². The van der Waals surface area contributed by atoms with Crippen molar-refractivity contribution >= 4 is 35.2 Å². The van der Waals surface area contributed by atoms with E-state index in [1.165, 1.54) is 16.7 Å². The molecule has 1 heterocycles. The Morgan fingerprint density at radius 2 is 1.70 bits per heavy atom. The Hall–Kier alpha value is -2.77. The lowest BCUT2D eigenvalue weighted by molar-refractivity contribution is -0.146. The van der Waals surface area contributed by atoms with Gasteiger partial charge in [0.1, 0.15) is 17.3 Å². The zero-order chi connectivity index (χ0) is 28.3. The molecule has 0 aromatic carbocycles. The number of thiazole rings is 1. The Bertz CT molecular complexity index is 1030. The molecular formula is C24H36N4O8S. The van der Waals surface area contributed by atoms with Gasteiger partial charge >= 0.3 is 12.1 Å². The van der Waals surface area contributed by atoms with E-state index in [1.807, 2.05) is 20.8 Å². The molecule has 2 bridgehead atoms. The second kappa shape index (κ2) is 11.3. The highest BCUT2D eigenvalue weighted by atomic mass is 32.1. The molecule has 13 heteroatoms. The SMILES string of the molecule is [2H]N(C(=O)c1csc(C23CCC(NC(=O)OC(C)(C)C)(CC2)CC3)n1)[C@@H](CO)C(=O)N[C@@H](CO)C(=O)OC. The zero-order valence-corrected chi connectivity index (χ0v) is 22.4. The molecule has 0 aliphatic heterocycles. The zero-order valence-electron chi connectivity index (χ0n) is 22.5. The number of carbonyl (C=O) groups excluding carboxylic acids is 4. The Morgan fingerprint density at radius 1 is 1.11 bits per heavy atom. The van der Waals surface area contributed by atoms with Crippen LogP contribution in [0.1, 0.15) is 74.8 Å². The molecule has 0 radical (unpaired) electrons. The summed E-state index contributed by atoms with van der Waals surface area (Å²) in [4.78, 5) is 54.0. The monoisotopic (exact) mass is 541 g/mol. The highest BCUT2D eigenvalue weighted by molar-refractivity contribution is 7.10. The molecule has 206 valence electrons. The fraction of sp³-hybridized carbons (Fsp3) is 0.708. The summed E-state index contributed by atoms with van der Waals surface area (Å²) in [5, 5.41) is 26.8. The lowest BCUT2D eigenvalue weighted by Gasteiger charge is -2.52. The number of rotatable bonds is 9. The molecule has 0 spiro atoms. The van der Waals surface area contributed by atoms with Gasteiger partial charge in [0.2, 0.25) is 5.91 Å². The first-order valence-electron chi connectivity index (χ1n) is 12.6. The van der Waals surface area contributed by atoms with E-state index in [1.54, 1.807) is 0 Å². The largest absolute Gasteiger partial charge is 0.467 e. The van der Waals surface area contributed by atoms with Gasteiger partial charge in [0, 0.05) is 16.3 Å².